The summed E-state index contributed by atoms with van der Waals surface area (Å²) in [5.41, 5.74) is -0.306. The van der Waals surface area contributed by atoms with Gasteiger partial charge >= 0.3 is 8.69 Å². The minimum Gasteiger partial charge on any atom is -0.146 e. The van der Waals surface area contributed by atoms with Crippen molar-refractivity contribution >= 4 is 20.0 Å². The fourth-order valence-corrected chi connectivity index (χ4v) is 3.48. The van der Waals surface area contributed by atoms with Gasteiger partial charge < -0.3 is 0 Å². The van der Waals surface area contributed by atoms with Gasteiger partial charge in [-0.1, -0.05) is 39.2 Å². The van der Waals surface area contributed by atoms with E-state index in [2.05, 4.69) is 25.3 Å². The average Bonchev–Trinajstić information content (AvgIpc) is 2.80. The van der Waals surface area contributed by atoms with Gasteiger partial charge in [0.1, 0.15) is 0 Å². The molecular weight excluding hydrogens is 239 g/mol. The van der Waals surface area contributed by atoms with Gasteiger partial charge in [0.05, 0.1) is 0 Å². The first kappa shape index (κ1) is 13.8. The zero-order valence-electron chi connectivity index (χ0n) is 9.99. The van der Waals surface area contributed by atoms with E-state index >= 15 is 0 Å². The van der Waals surface area contributed by atoms with Gasteiger partial charge in [-0.25, -0.2) is 0 Å². The summed E-state index contributed by atoms with van der Waals surface area (Å²) >= 11 is 1.70. The highest BCUT2D eigenvalue weighted by Gasteiger charge is 2.37. The van der Waals surface area contributed by atoms with Crippen LogP contribution >= 0.6 is 20.0 Å². The molecule has 0 aliphatic heterocycles. The Morgan fingerprint density at radius 1 is 1.38 bits per heavy atom. The van der Waals surface area contributed by atoms with Gasteiger partial charge in [0.25, 0.3) is 0 Å². The molecule has 16 heavy (non-hydrogen) atoms. The lowest BCUT2D eigenvalue weighted by Crippen LogP contribution is -2.25. The molecule has 0 saturated heterocycles. The second kappa shape index (κ2) is 7.16. The summed E-state index contributed by atoms with van der Waals surface area (Å²) < 4.78 is 16.5. The molecule has 0 N–H and O–H groups in total. The molecule has 1 heterocycles. The van der Waals surface area contributed by atoms with Crippen LogP contribution in [0, 0.1) is 0 Å². The van der Waals surface area contributed by atoms with Gasteiger partial charge in [-0.05, 0) is 28.9 Å². The van der Waals surface area contributed by atoms with Crippen molar-refractivity contribution in [3.05, 3.63) is 22.4 Å². The molecule has 1 rings (SSSR count). The lowest BCUT2D eigenvalue weighted by Gasteiger charge is -2.25. The highest BCUT2D eigenvalue weighted by molar-refractivity contribution is 7.17. The van der Waals surface area contributed by atoms with Gasteiger partial charge in [0, 0.05) is 4.88 Å². The molecule has 0 saturated carbocycles. The molecule has 0 spiro atoms. The van der Waals surface area contributed by atoms with Crippen LogP contribution in [-0.2, 0) is 14.7 Å². The Hall–Kier alpha value is -0.240. The summed E-state index contributed by atoms with van der Waals surface area (Å²) in [7, 11) is -0.675. The van der Waals surface area contributed by atoms with E-state index in [-0.39, 0.29) is 5.60 Å². The summed E-state index contributed by atoms with van der Waals surface area (Å²) in [4.78, 5) is 1.21. The second-order valence-corrected chi connectivity index (χ2v) is 5.33. The van der Waals surface area contributed by atoms with Crippen molar-refractivity contribution in [1.29, 1.82) is 0 Å². The molecule has 2 nitrogen and oxygen atoms in total. The number of unbranched alkanes of at least 4 members (excludes halogenated alkanes) is 1. The molecule has 0 fully saturated rings. The minimum atomic E-state index is -0.675. The predicted molar refractivity (Wildman–Crippen MR) is 70.5 cm³/mol. The van der Waals surface area contributed by atoms with Crippen molar-refractivity contribution in [2.45, 2.75) is 51.6 Å². The molecule has 0 radical (unpaired) electrons. The van der Waals surface area contributed by atoms with E-state index in [1.807, 2.05) is 6.07 Å². The van der Waals surface area contributed by atoms with Crippen LogP contribution in [0.25, 0.3) is 0 Å². The van der Waals surface area contributed by atoms with Crippen molar-refractivity contribution < 1.29 is 9.09 Å². The molecular formula is C12H20O2PS+. The standard InChI is InChI=1S/C12H20O2PS/c1-3-5-9-12(8-4-2,14-15-13)11-7-6-10-16-11/h6-7,10,15H,3-5,8-9H2,1-2H3/q+1. The van der Waals surface area contributed by atoms with E-state index in [0.29, 0.717) is 0 Å². The Bertz CT molecular complexity index is 300. The predicted octanol–water partition coefficient (Wildman–Crippen LogP) is 4.89. The van der Waals surface area contributed by atoms with Crippen molar-refractivity contribution in [2.75, 3.05) is 0 Å². The Morgan fingerprint density at radius 3 is 2.69 bits per heavy atom. The fourth-order valence-electron chi connectivity index (χ4n) is 2.01. The highest BCUT2D eigenvalue weighted by Crippen LogP contribution is 2.41. The van der Waals surface area contributed by atoms with Crippen LogP contribution in [0.2, 0.25) is 0 Å². The Labute approximate surface area is 103 Å². The topological polar surface area (TPSA) is 26.3 Å². The van der Waals surface area contributed by atoms with Crippen molar-refractivity contribution in [2.24, 2.45) is 0 Å². The second-order valence-electron chi connectivity index (χ2n) is 4.01. The molecule has 0 bridgehead atoms. The summed E-state index contributed by atoms with van der Waals surface area (Å²) in [6.07, 6.45) is 5.21. The van der Waals surface area contributed by atoms with Crippen LogP contribution in [-0.4, -0.2) is 0 Å². The van der Waals surface area contributed by atoms with Crippen LogP contribution in [0.1, 0.15) is 50.8 Å². The summed E-state index contributed by atoms with van der Waals surface area (Å²) in [5, 5.41) is 2.06. The van der Waals surface area contributed by atoms with Crippen LogP contribution in [0.3, 0.4) is 0 Å². The number of rotatable bonds is 8. The average molecular weight is 259 g/mol. The van der Waals surface area contributed by atoms with E-state index in [4.69, 9.17) is 4.52 Å². The van der Waals surface area contributed by atoms with Gasteiger partial charge in [0.15, 0.2) is 5.60 Å². The third-order valence-electron chi connectivity index (χ3n) is 2.80. The smallest absolute Gasteiger partial charge is 0.146 e. The zero-order valence-corrected chi connectivity index (χ0v) is 11.8. The van der Waals surface area contributed by atoms with Gasteiger partial charge in [0.2, 0.25) is 0 Å². The summed E-state index contributed by atoms with van der Waals surface area (Å²) in [5.74, 6) is 0. The first-order valence-corrected chi connectivity index (χ1v) is 7.58. The first-order chi connectivity index (χ1) is 7.79. The fraction of sp³-hybridized carbons (Fsp3) is 0.667. The van der Waals surface area contributed by atoms with E-state index < -0.39 is 8.69 Å². The molecule has 4 heteroatoms. The van der Waals surface area contributed by atoms with Gasteiger partial charge in [-0.3, -0.25) is 0 Å². The highest BCUT2D eigenvalue weighted by atomic mass is 32.1. The molecule has 0 aliphatic rings. The molecule has 0 aromatic carbocycles. The normalized spacial score (nSPS) is 15.1. The Kier molecular flexibility index (Phi) is 6.18. The van der Waals surface area contributed by atoms with Crippen molar-refractivity contribution in [1.82, 2.24) is 0 Å². The lowest BCUT2D eigenvalue weighted by molar-refractivity contribution is 0.0624. The monoisotopic (exact) mass is 259 g/mol. The van der Waals surface area contributed by atoms with Crippen LogP contribution in [0.4, 0.5) is 0 Å². The largest absolute Gasteiger partial charge is 0.495 e. The molecule has 1 aromatic heterocycles. The maximum absolute atomic E-state index is 10.9. The van der Waals surface area contributed by atoms with Crippen LogP contribution < -0.4 is 0 Å². The maximum Gasteiger partial charge on any atom is 0.495 e. The Balaban J connectivity index is 2.90. The minimum absolute atomic E-state index is 0.306. The number of hydrogen-bond donors (Lipinski definition) is 0. The van der Waals surface area contributed by atoms with Crippen LogP contribution in [0.5, 0.6) is 0 Å². The van der Waals surface area contributed by atoms with Crippen molar-refractivity contribution in [3.8, 4) is 0 Å². The molecule has 1 aromatic rings. The molecule has 2 unspecified atom stereocenters. The third-order valence-corrected chi connectivity index (χ3v) is 4.32. The quantitative estimate of drug-likeness (QED) is 0.621. The summed E-state index contributed by atoms with van der Waals surface area (Å²) in [6.45, 7) is 4.32. The van der Waals surface area contributed by atoms with E-state index in [0.717, 1.165) is 32.1 Å². The molecule has 2 atom stereocenters. The van der Waals surface area contributed by atoms with Gasteiger partial charge in [-0.2, -0.15) is 0 Å². The van der Waals surface area contributed by atoms with E-state index in [9.17, 15) is 4.57 Å². The number of hydrogen-bond acceptors (Lipinski definition) is 3. The SMILES string of the molecule is CCCCC(CCC)(O[PH+]=O)c1cccs1. The van der Waals surface area contributed by atoms with E-state index in [1.54, 1.807) is 11.3 Å². The summed E-state index contributed by atoms with van der Waals surface area (Å²) in [6, 6.07) is 4.13. The van der Waals surface area contributed by atoms with E-state index in [1.165, 1.54) is 4.88 Å². The third kappa shape index (κ3) is 3.38. The maximum atomic E-state index is 10.9. The van der Waals surface area contributed by atoms with Crippen molar-refractivity contribution in [3.63, 3.8) is 0 Å². The lowest BCUT2D eigenvalue weighted by atomic mass is 9.90. The number of thiophene rings is 1. The zero-order chi connectivity index (χ0) is 11.9. The molecule has 0 amide bonds. The molecule has 0 aliphatic carbocycles. The van der Waals surface area contributed by atoms with Crippen LogP contribution in [0.15, 0.2) is 17.5 Å². The first-order valence-electron chi connectivity index (χ1n) is 5.88. The van der Waals surface area contributed by atoms with Gasteiger partial charge in [-0.15, -0.1) is 15.9 Å². The Morgan fingerprint density at radius 2 is 2.19 bits per heavy atom. The molecule has 90 valence electrons.